The second kappa shape index (κ2) is 6.67. The van der Waals surface area contributed by atoms with E-state index < -0.39 is 45.8 Å². The molecule has 10 heteroatoms. The largest absolute Gasteiger partial charge is 0.462 e. The molecule has 25 heavy (non-hydrogen) atoms. The van der Waals surface area contributed by atoms with E-state index in [0.29, 0.717) is 5.57 Å². The van der Waals surface area contributed by atoms with E-state index in [4.69, 9.17) is 18.4 Å². The highest BCUT2D eigenvalue weighted by Gasteiger charge is 2.69. The summed E-state index contributed by atoms with van der Waals surface area (Å²) in [5.74, 6) is -1.18. The van der Waals surface area contributed by atoms with Gasteiger partial charge in [0.25, 0.3) is 10.1 Å². The number of nitrogens with one attached hydrogen (secondary N) is 1. The maximum Gasteiger partial charge on any atom is 0.332 e. The van der Waals surface area contributed by atoms with Crippen molar-refractivity contribution in [3.05, 3.63) is 12.2 Å². The minimum absolute atomic E-state index is 0.00121. The lowest BCUT2D eigenvalue weighted by molar-refractivity contribution is -0.154. The average Bonchev–Trinajstić information content (AvgIpc) is 3.10. The molecule has 0 aromatic heterocycles. The first kappa shape index (κ1) is 18.3. The summed E-state index contributed by atoms with van der Waals surface area (Å²) in [5.41, 5.74) is 0.366. The Balaban J connectivity index is 1.43. The lowest BCUT2D eigenvalue weighted by Gasteiger charge is -2.25. The van der Waals surface area contributed by atoms with Crippen molar-refractivity contribution in [2.75, 3.05) is 19.8 Å². The highest BCUT2D eigenvalue weighted by Crippen LogP contribution is 2.50. The van der Waals surface area contributed by atoms with Crippen molar-refractivity contribution >= 4 is 22.0 Å². The fraction of sp³-hybridized carbons (Fsp3) is 0.733. The molecule has 3 saturated heterocycles. The van der Waals surface area contributed by atoms with Gasteiger partial charge in [0.05, 0.1) is 12.6 Å². The van der Waals surface area contributed by atoms with Gasteiger partial charge in [0.15, 0.2) is 0 Å². The Labute approximate surface area is 145 Å². The lowest BCUT2D eigenvalue weighted by atomic mass is 9.86. The van der Waals surface area contributed by atoms with Gasteiger partial charge >= 0.3 is 5.97 Å². The summed E-state index contributed by atoms with van der Waals surface area (Å²) in [6.45, 7) is 6.66. The predicted molar refractivity (Wildman–Crippen MR) is 83.9 cm³/mol. The van der Waals surface area contributed by atoms with Gasteiger partial charge in [-0.05, 0) is 6.92 Å². The van der Waals surface area contributed by atoms with E-state index in [-0.39, 0.29) is 31.6 Å². The summed E-state index contributed by atoms with van der Waals surface area (Å²) in [4.78, 5) is 23.0. The van der Waals surface area contributed by atoms with Gasteiger partial charge in [-0.25, -0.2) is 4.79 Å². The Morgan fingerprint density at radius 1 is 1.24 bits per heavy atom. The standard InChI is InChI=1S/C15H21NO8S/c1-7(2)15(18)16-4-5-21-9(17)6-22-11-10-8(3)14-13(23-10)12(11)24-25(14,19)20/h8,10-14H,1,4-6H2,2-3H3,(H,16,18). The van der Waals surface area contributed by atoms with Crippen molar-refractivity contribution in [2.45, 2.75) is 43.5 Å². The molecule has 0 saturated carbocycles. The normalized spacial score (nSPS) is 37.0. The van der Waals surface area contributed by atoms with Crippen molar-refractivity contribution in [3.63, 3.8) is 0 Å². The van der Waals surface area contributed by atoms with Crippen LogP contribution in [0.5, 0.6) is 0 Å². The van der Waals surface area contributed by atoms with Crippen LogP contribution in [0.15, 0.2) is 12.2 Å². The number of esters is 1. The molecule has 2 bridgehead atoms. The lowest BCUT2D eigenvalue weighted by Crippen LogP contribution is -2.45. The third-order valence-electron chi connectivity index (χ3n) is 4.66. The van der Waals surface area contributed by atoms with Gasteiger partial charge < -0.3 is 19.5 Å². The van der Waals surface area contributed by atoms with Crippen molar-refractivity contribution < 1.29 is 36.4 Å². The maximum atomic E-state index is 12.0. The smallest absolute Gasteiger partial charge is 0.332 e. The van der Waals surface area contributed by atoms with E-state index >= 15 is 0 Å². The predicted octanol–water partition coefficient (Wildman–Crippen LogP) is -0.879. The fourth-order valence-electron chi connectivity index (χ4n) is 3.52. The SMILES string of the molecule is C=C(C)C(=O)NCCOC(=O)COC1C2OC3C1OS(=O)(=O)C3C2C. The fourth-order valence-corrected chi connectivity index (χ4v) is 5.40. The van der Waals surface area contributed by atoms with Crippen LogP contribution in [0.4, 0.5) is 0 Å². The van der Waals surface area contributed by atoms with Crippen LogP contribution in [0.1, 0.15) is 13.8 Å². The molecule has 6 unspecified atom stereocenters. The number of carbonyl (C=O) groups is 2. The number of amides is 1. The molecule has 0 aromatic carbocycles. The summed E-state index contributed by atoms with van der Waals surface area (Å²) in [7, 11) is -3.65. The van der Waals surface area contributed by atoms with Crippen LogP contribution in [0.25, 0.3) is 0 Å². The molecule has 0 radical (unpaired) electrons. The van der Waals surface area contributed by atoms with E-state index in [1.807, 2.05) is 0 Å². The number of carbonyl (C=O) groups excluding carboxylic acids is 2. The monoisotopic (exact) mass is 375 g/mol. The molecule has 6 atom stereocenters. The molecule has 0 aliphatic carbocycles. The third kappa shape index (κ3) is 3.31. The summed E-state index contributed by atoms with van der Waals surface area (Å²) in [5, 5.41) is 1.87. The van der Waals surface area contributed by atoms with E-state index in [0.717, 1.165) is 0 Å². The molecule has 9 nitrogen and oxygen atoms in total. The van der Waals surface area contributed by atoms with Gasteiger partial charge in [-0.2, -0.15) is 8.42 Å². The molecule has 3 rings (SSSR count). The van der Waals surface area contributed by atoms with Crippen LogP contribution >= 0.6 is 0 Å². The molecular formula is C15H21NO8S. The number of fused-ring (bicyclic) bond motifs is 1. The van der Waals surface area contributed by atoms with Gasteiger partial charge in [-0.15, -0.1) is 0 Å². The zero-order valence-electron chi connectivity index (χ0n) is 14.0. The van der Waals surface area contributed by atoms with Crippen LogP contribution in [0.2, 0.25) is 0 Å². The molecular weight excluding hydrogens is 354 g/mol. The first-order chi connectivity index (χ1) is 11.7. The number of hydrogen-bond donors (Lipinski definition) is 1. The van der Waals surface area contributed by atoms with Crippen LogP contribution in [-0.4, -0.2) is 69.7 Å². The second-order valence-electron chi connectivity index (χ2n) is 6.48. The molecule has 3 aliphatic heterocycles. The maximum absolute atomic E-state index is 12.0. The molecule has 3 fully saturated rings. The number of rotatable bonds is 7. The Morgan fingerprint density at radius 2 is 1.96 bits per heavy atom. The molecule has 3 heterocycles. The first-order valence-electron chi connectivity index (χ1n) is 8.01. The Bertz CT molecular complexity index is 690. The molecule has 1 N–H and O–H groups in total. The van der Waals surface area contributed by atoms with Crippen molar-refractivity contribution in [2.24, 2.45) is 5.92 Å². The van der Waals surface area contributed by atoms with E-state index in [1.54, 1.807) is 13.8 Å². The zero-order valence-corrected chi connectivity index (χ0v) is 14.8. The highest BCUT2D eigenvalue weighted by molar-refractivity contribution is 7.87. The topological polar surface area (TPSA) is 117 Å². The average molecular weight is 375 g/mol. The van der Waals surface area contributed by atoms with Crippen molar-refractivity contribution in [3.8, 4) is 0 Å². The highest BCUT2D eigenvalue weighted by atomic mass is 32.2. The Kier molecular flexibility index (Phi) is 4.89. The summed E-state index contributed by atoms with van der Waals surface area (Å²) < 4.78 is 45.2. The van der Waals surface area contributed by atoms with Gasteiger partial charge in [0.1, 0.15) is 36.8 Å². The van der Waals surface area contributed by atoms with Gasteiger partial charge in [0, 0.05) is 11.5 Å². The summed E-state index contributed by atoms with van der Waals surface area (Å²) in [6.07, 6.45) is -2.29. The van der Waals surface area contributed by atoms with E-state index in [9.17, 15) is 18.0 Å². The number of hydrogen-bond acceptors (Lipinski definition) is 8. The van der Waals surface area contributed by atoms with Crippen LogP contribution in [0.3, 0.4) is 0 Å². The van der Waals surface area contributed by atoms with E-state index in [2.05, 4.69) is 11.9 Å². The first-order valence-corrected chi connectivity index (χ1v) is 9.48. The van der Waals surface area contributed by atoms with Gasteiger partial charge in [-0.1, -0.05) is 13.5 Å². The molecule has 140 valence electrons. The second-order valence-corrected chi connectivity index (χ2v) is 8.20. The Hall–Kier alpha value is -1.49. The quantitative estimate of drug-likeness (QED) is 0.264. The molecule has 0 spiro atoms. The molecule has 0 aromatic rings. The van der Waals surface area contributed by atoms with Crippen molar-refractivity contribution in [1.29, 1.82) is 0 Å². The van der Waals surface area contributed by atoms with Crippen LogP contribution in [-0.2, 0) is 38.1 Å². The minimum atomic E-state index is -3.65. The van der Waals surface area contributed by atoms with Crippen LogP contribution < -0.4 is 5.32 Å². The zero-order chi connectivity index (χ0) is 18.4. The summed E-state index contributed by atoms with van der Waals surface area (Å²) in [6, 6.07) is 0. The molecule has 3 aliphatic rings. The minimum Gasteiger partial charge on any atom is -0.462 e. The third-order valence-corrected chi connectivity index (χ3v) is 6.51. The number of ether oxygens (including phenoxy) is 3. The van der Waals surface area contributed by atoms with Gasteiger partial charge in [0.2, 0.25) is 5.91 Å². The molecule has 1 amide bonds. The Morgan fingerprint density at radius 3 is 2.64 bits per heavy atom. The van der Waals surface area contributed by atoms with Gasteiger partial charge in [-0.3, -0.25) is 8.98 Å². The van der Waals surface area contributed by atoms with Crippen LogP contribution in [0, 0.1) is 5.92 Å². The van der Waals surface area contributed by atoms with E-state index in [1.165, 1.54) is 0 Å². The summed E-state index contributed by atoms with van der Waals surface area (Å²) >= 11 is 0. The van der Waals surface area contributed by atoms with Crippen molar-refractivity contribution in [1.82, 2.24) is 5.32 Å².